The molecule has 0 aliphatic carbocycles. The number of anilines is 1. The number of hydrogen-bond donors (Lipinski definition) is 2. The van der Waals surface area contributed by atoms with Gasteiger partial charge >= 0.3 is 0 Å². The first-order valence-electron chi connectivity index (χ1n) is 10.1. The van der Waals surface area contributed by atoms with Crippen molar-refractivity contribution in [1.29, 1.82) is 5.26 Å². The molecule has 0 aliphatic heterocycles. The van der Waals surface area contributed by atoms with Crippen molar-refractivity contribution >= 4 is 23.1 Å². The summed E-state index contributed by atoms with van der Waals surface area (Å²) in [5.41, 5.74) is 3.55. The van der Waals surface area contributed by atoms with Gasteiger partial charge in [0.25, 0.3) is 0 Å². The molecule has 0 unspecified atom stereocenters. The normalized spacial score (nSPS) is 12.1. The van der Waals surface area contributed by atoms with Crippen molar-refractivity contribution in [3.63, 3.8) is 0 Å². The molecule has 31 heavy (non-hydrogen) atoms. The minimum atomic E-state index is -0.350. The Bertz CT molecular complexity index is 1120. The van der Waals surface area contributed by atoms with Crippen LogP contribution < -0.4 is 10.6 Å². The highest BCUT2D eigenvalue weighted by Gasteiger charge is 2.21. The largest absolute Gasteiger partial charge is 0.310 e. The van der Waals surface area contributed by atoms with E-state index in [0.29, 0.717) is 23.0 Å². The molecule has 0 fully saturated rings. The van der Waals surface area contributed by atoms with Crippen LogP contribution in [0, 0.1) is 31.0 Å². The van der Waals surface area contributed by atoms with Gasteiger partial charge in [-0.1, -0.05) is 13.8 Å². The lowest BCUT2D eigenvalue weighted by Gasteiger charge is -2.15. The van der Waals surface area contributed by atoms with Gasteiger partial charge in [-0.15, -0.1) is 11.3 Å². The Morgan fingerprint density at radius 2 is 1.94 bits per heavy atom. The number of thiazole rings is 1. The van der Waals surface area contributed by atoms with Gasteiger partial charge < -0.3 is 10.6 Å². The fraction of sp³-hybridized carbons (Fsp3) is 0.348. The first-order valence-corrected chi connectivity index (χ1v) is 11.0. The number of carbonyl (C=O) groups is 1. The number of nitrogens with one attached hydrogen (secondary N) is 2. The first kappa shape index (κ1) is 22.7. The number of nitrogens with zero attached hydrogens (tertiary/aromatic N) is 3. The molecule has 0 saturated carbocycles. The number of benzene rings is 1. The number of aromatic nitrogens is 2. The van der Waals surface area contributed by atoms with Crippen LogP contribution in [0.2, 0.25) is 0 Å². The van der Waals surface area contributed by atoms with E-state index < -0.39 is 0 Å². The van der Waals surface area contributed by atoms with Crippen LogP contribution in [0.25, 0.3) is 5.69 Å². The maximum Gasteiger partial charge on any atom is 0.239 e. The van der Waals surface area contributed by atoms with E-state index in [1.54, 1.807) is 28.0 Å². The second kappa shape index (κ2) is 9.41. The molecule has 0 bridgehead atoms. The third-order valence-electron chi connectivity index (χ3n) is 5.21. The Kier molecular flexibility index (Phi) is 6.88. The average Bonchev–Trinajstić information content (AvgIpc) is 3.32. The zero-order valence-electron chi connectivity index (χ0n) is 18.3. The summed E-state index contributed by atoms with van der Waals surface area (Å²) in [4.78, 5) is 17.3. The summed E-state index contributed by atoms with van der Waals surface area (Å²) in [5.74, 6) is 0.129. The lowest BCUT2D eigenvalue weighted by atomic mass is 10.2. The molecule has 162 valence electrons. The van der Waals surface area contributed by atoms with Crippen LogP contribution in [0.15, 0.2) is 29.6 Å². The van der Waals surface area contributed by atoms with Crippen LogP contribution in [0.5, 0.6) is 0 Å². The molecule has 6 nitrogen and oxygen atoms in total. The Morgan fingerprint density at radius 1 is 1.26 bits per heavy atom. The summed E-state index contributed by atoms with van der Waals surface area (Å²) in [5, 5.41) is 18.8. The molecular weight excluding hydrogens is 413 g/mol. The SMILES string of the molecule is Cc1c(C#N)c(NC(=O)CN[C@@H](C)c2csc(C(C)C)n2)n(-c2ccc(F)cc2)c1C. The molecule has 2 N–H and O–H groups in total. The molecule has 2 heterocycles. The van der Waals surface area contributed by atoms with Gasteiger partial charge in [0.1, 0.15) is 17.7 Å². The van der Waals surface area contributed by atoms with Crippen molar-refractivity contribution in [1.82, 2.24) is 14.9 Å². The van der Waals surface area contributed by atoms with Crippen molar-refractivity contribution in [2.75, 3.05) is 11.9 Å². The lowest BCUT2D eigenvalue weighted by molar-refractivity contribution is -0.115. The van der Waals surface area contributed by atoms with Gasteiger partial charge in [0.05, 0.1) is 22.8 Å². The highest BCUT2D eigenvalue weighted by atomic mass is 32.1. The number of carbonyl (C=O) groups excluding carboxylic acids is 1. The zero-order valence-corrected chi connectivity index (χ0v) is 19.1. The third-order valence-corrected chi connectivity index (χ3v) is 6.38. The fourth-order valence-electron chi connectivity index (χ4n) is 3.27. The van der Waals surface area contributed by atoms with Gasteiger partial charge in [-0.2, -0.15) is 5.26 Å². The number of amides is 1. The van der Waals surface area contributed by atoms with Gasteiger partial charge in [0, 0.05) is 28.7 Å². The zero-order chi connectivity index (χ0) is 22.7. The summed E-state index contributed by atoms with van der Waals surface area (Å²) in [6.07, 6.45) is 0. The van der Waals surface area contributed by atoms with Gasteiger partial charge in [-0.3, -0.25) is 9.36 Å². The monoisotopic (exact) mass is 439 g/mol. The minimum Gasteiger partial charge on any atom is -0.310 e. The van der Waals surface area contributed by atoms with E-state index in [4.69, 9.17) is 0 Å². The highest BCUT2D eigenvalue weighted by molar-refractivity contribution is 7.09. The predicted molar refractivity (Wildman–Crippen MR) is 121 cm³/mol. The van der Waals surface area contributed by atoms with E-state index in [1.807, 2.05) is 26.2 Å². The molecular formula is C23H26FN5OS. The standard InChI is InChI=1S/C23H26FN5OS/c1-13(2)23-27-20(12-31-23)15(4)26-11-21(30)28-22-19(10-25)14(3)16(5)29(22)18-8-6-17(24)7-9-18/h6-9,12-13,15,26H,11H2,1-5H3,(H,28,30)/t15-/m0/s1. The molecule has 0 radical (unpaired) electrons. The lowest BCUT2D eigenvalue weighted by Crippen LogP contribution is -2.31. The Morgan fingerprint density at radius 3 is 2.52 bits per heavy atom. The number of rotatable bonds is 7. The van der Waals surface area contributed by atoms with Gasteiger partial charge in [0.15, 0.2) is 0 Å². The first-order chi connectivity index (χ1) is 14.7. The van der Waals surface area contributed by atoms with Crippen LogP contribution in [-0.4, -0.2) is 22.0 Å². The fourth-order valence-corrected chi connectivity index (χ4v) is 4.19. The molecule has 0 saturated heterocycles. The maximum atomic E-state index is 13.4. The Hall–Kier alpha value is -3.02. The smallest absolute Gasteiger partial charge is 0.239 e. The van der Waals surface area contributed by atoms with E-state index in [0.717, 1.165) is 22.0 Å². The maximum absolute atomic E-state index is 13.4. The summed E-state index contributed by atoms with van der Waals surface area (Å²) in [7, 11) is 0. The van der Waals surface area contributed by atoms with Crippen molar-refractivity contribution in [3.05, 3.63) is 63.0 Å². The molecule has 3 aromatic rings. The molecule has 1 aromatic carbocycles. The summed E-state index contributed by atoms with van der Waals surface area (Å²) in [6.45, 7) is 9.92. The van der Waals surface area contributed by atoms with Crippen LogP contribution in [-0.2, 0) is 4.79 Å². The van der Waals surface area contributed by atoms with Crippen LogP contribution in [0.3, 0.4) is 0 Å². The molecule has 1 atom stereocenters. The van der Waals surface area contributed by atoms with Crippen LogP contribution in [0.1, 0.15) is 60.3 Å². The summed E-state index contributed by atoms with van der Waals surface area (Å²) < 4.78 is 15.1. The minimum absolute atomic E-state index is 0.0628. The van der Waals surface area contributed by atoms with E-state index >= 15 is 0 Å². The number of nitriles is 1. The second-order valence-electron chi connectivity index (χ2n) is 7.77. The van der Waals surface area contributed by atoms with Crippen molar-refractivity contribution in [3.8, 4) is 11.8 Å². The second-order valence-corrected chi connectivity index (χ2v) is 8.66. The van der Waals surface area contributed by atoms with Crippen molar-refractivity contribution in [2.24, 2.45) is 0 Å². The number of hydrogen-bond acceptors (Lipinski definition) is 5. The molecule has 1 amide bonds. The molecule has 8 heteroatoms. The molecule has 0 spiro atoms. The van der Waals surface area contributed by atoms with Gasteiger partial charge in [0.2, 0.25) is 5.91 Å². The predicted octanol–water partition coefficient (Wildman–Crippen LogP) is 4.97. The van der Waals surface area contributed by atoms with Crippen LogP contribution in [0.4, 0.5) is 10.2 Å². The van der Waals surface area contributed by atoms with Crippen molar-refractivity contribution < 1.29 is 9.18 Å². The number of halogens is 1. The van der Waals surface area contributed by atoms with E-state index in [9.17, 15) is 14.4 Å². The topological polar surface area (TPSA) is 82.7 Å². The quantitative estimate of drug-likeness (QED) is 0.544. The molecule has 2 aromatic heterocycles. The van der Waals surface area contributed by atoms with E-state index in [-0.39, 0.29) is 24.3 Å². The van der Waals surface area contributed by atoms with E-state index in [2.05, 4.69) is 35.5 Å². The summed E-state index contributed by atoms with van der Waals surface area (Å²) in [6, 6.07) is 8.03. The Labute approximate surface area is 185 Å². The van der Waals surface area contributed by atoms with E-state index in [1.165, 1.54) is 12.1 Å². The third kappa shape index (κ3) is 4.84. The average molecular weight is 440 g/mol. The highest BCUT2D eigenvalue weighted by Crippen LogP contribution is 2.30. The van der Waals surface area contributed by atoms with Crippen LogP contribution >= 0.6 is 11.3 Å². The molecule has 0 aliphatic rings. The van der Waals surface area contributed by atoms with Crippen molar-refractivity contribution in [2.45, 2.75) is 46.6 Å². The van der Waals surface area contributed by atoms with Gasteiger partial charge in [-0.25, -0.2) is 9.37 Å². The molecule has 3 rings (SSSR count). The van der Waals surface area contributed by atoms with Gasteiger partial charge in [-0.05, 0) is 50.6 Å². The summed E-state index contributed by atoms with van der Waals surface area (Å²) >= 11 is 1.61. The Balaban J connectivity index is 1.78.